The predicted octanol–water partition coefficient (Wildman–Crippen LogP) is 3.12. The van der Waals surface area contributed by atoms with Crippen LogP contribution in [0.15, 0.2) is 23.9 Å². The molecule has 0 saturated carbocycles. The molecule has 0 aliphatic rings. The van der Waals surface area contributed by atoms with Gasteiger partial charge in [-0.25, -0.2) is 0 Å². The predicted molar refractivity (Wildman–Crippen MR) is 69.4 cm³/mol. The quantitative estimate of drug-likeness (QED) is 0.575. The van der Waals surface area contributed by atoms with Gasteiger partial charge >= 0.3 is 0 Å². The molecule has 0 fully saturated rings. The van der Waals surface area contributed by atoms with Crippen LogP contribution in [0.5, 0.6) is 11.5 Å². The summed E-state index contributed by atoms with van der Waals surface area (Å²) in [4.78, 5) is 10.1. The summed E-state index contributed by atoms with van der Waals surface area (Å²) in [6, 6.07) is 5.24. The average Bonchev–Trinajstić information content (AvgIpc) is 2.36. The molecule has 18 heavy (non-hydrogen) atoms. The molecule has 0 spiro atoms. The first-order chi connectivity index (χ1) is 8.58. The molecule has 1 aromatic rings. The number of methoxy groups -OCH3 is 1. The summed E-state index contributed by atoms with van der Waals surface area (Å²) in [7, 11) is 1.54. The van der Waals surface area contributed by atoms with Gasteiger partial charge in [-0.1, -0.05) is 13.0 Å². The highest BCUT2D eigenvalue weighted by Crippen LogP contribution is 2.29. The van der Waals surface area contributed by atoms with Gasteiger partial charge in [-0.3, -0.25) is 10.1 Å². The van der Waals surface area contributed by atoms with Crippen LogP contribution in [0, 0.1) is 10.1 Å². The van der Waals surface area contributed by atoms with Crippen LogP contribution in [-0.4, -0.2) is 18.6 Å². The van der Waals surface area contributed by atoms with Crippen LogP contribution in [0.4, 0.5) is 0 Å². The van der Waals surface area contributed by atoms with Crippen LogP contribution in [0.3, 0.4) is 0 Å². The highest BCUT2D eigenvalue weighted by molar-refractivity contribution is 5.56. The van der Waals surface area contributed by atoms with Crippen molar-refractivity contribution in [3.63, 3.8) is 0 Å². The molecule has 1 rings (SSSR count). The number of nitro groups is 1. The summed E-state index contributed by atoms with van der Waals surface area (Å²) < 4.78 is 10.7. The lowest BCUT2D eigenvalue weighted by Crippen LogP contribution is -1.98. The first-order valence-electron chi connectivity index (χ1n) is 5.72. The normalized spacial score (nSPS) is 11.2. The Hall–Kier alpha value is -2.04. The molecule has 0 atom stereocenters. The van der Waals surface area contributed by atoms with Crippen molar-refractivity contribution in [2.75, 3.05) is 13.7 Å². The smallest absolute Gasteiger partial charge is 0.243 e. The Balaban J connectivity index is 2.98. The Morgan fingerprint density at radius 1 is 1.44 bits per heavy atom. The summed E-state index contributed by atoms with van der Waals surface area (Å²) >= 11 is 0. The van der Waals surface area contributed by atoms with Gasteiger partial charge in [-0.05, 0) is 24.1 Å². The summed E-state index contributed by atoms with van der Waals surface area (Å²) in [6.45, 7) is 4.08. The molecule has 0 radical (unpaired) electrons. The molecule has 1 aromatic carbocycles. The van der Waals surface area contributed by atoms with Crippen molar-refractivity contribution in [2.45, 2.75) is 20.3 Å². The second-order valence-corrected chi connectivity index (χ2v) is 3.80. The van der Waals surface area contributed by atoms with Crippen LogP contribution < -0.4 is 9.47 Å². The fourth-order valence-corrected chi connectivity index (χ4v) is 1.40. The van der Waals surface area contributed by atoms with Crippen molar-refractivity contribution in [3.8, 4) is 11.5 Å². The van der Waals surface area contributed by atoms with Gasteiger partial charge in [-0.15, -0.1) is 0 Å². The highest BCUT2D eigenvalue weighted by Gasteiger charge is 2.07. The largest absolute Gasteiger partial charge is 0.493 e. The van der Waals surface area contributed by atoms with Gasteiger partial charge in [0.2, 0.25) is 5.70 Å². The number of ether oxygens (including phenoxy) is 2. The summed E-state index contributed by atoms with van der Waals surface area (Å²) in [5.74, 6) is 1.23. The third-order valence-electron chi connectivity index (χ3n) is 2.31. The van der Waals surface area contributed by atoms with E-state index in [0.717, 1.165) is 6.42 Å². The lowest BCUT2D eigenvalue weighted by Gasteiger charge is -2.10. The van der Waals surface area contributed by atoms with Gasteiger partial charge in [0.1, 0.15) is 0 Å². The minimum atomic E-state index is -0.423. The second kappa shape index (κ2) is 6.64. The SMILES string of the molecule is CCCOc1ccc(C=C(C)[N+](=O)[O-])cc1OC. The Kier molecular flexibility index (Phi) is 5.17. The molecule has 98 valence electrons. The first-order valence-corrected chi connectivity index (χ1v) is 5.72. The minimum absolute atomic E-state index is 0.0827. The molecule has 0 amide bonds. The number of allylic oxidation sites excluding steroid dienone is 1. The summed E-state index contributed by atoms with van der Waals surface area (Å²) in [5.41, 5.74) is 0.796. The van der Waals surface area contributed by atoms with Gasteiger partial charge in [0.15, 0.2) is 11.5 Å². The Labute approximate surface area is 106 Å². The molecule has 0 aliphatic heterocycles. The van der Waals surface area contributed by atoms with Crippen molar-refractivity contribution in [2.24, 2.45) is 0 Å². The van der Waals surface area contributed by atoms with E-state index in [2.05, 4.69) is 0 Å². The van der Waals surface area contributed by atoms with Crippen LogP contribution in [-0.2, 0) is 0 Å². The molecule has 0 unspecified atom stereocenters. The van der Waals surface area contributed by atoms with Crippen LogP contribution in [0.1, 0.15) is 25.8 Å². The lowest BCUT2D eigenvalue weighted by molar-refractivity contribution is -0.422. The van der Waals surface area contributed by atoms with Crippen molar-refractivity contribution < 1.29 is 14.4 Å². The maximum atomic E-state index is 10.5. The van der Waals surface area contributed by atoms with Crippen molar-refractivity contribution in [1.82, 2.24) is 0 Å². The average molecular weight is 251 g/mol. The third-order valence-corrected chi connectivity index (χ3v) is 2.31. The zero-order chi connectivity index (χ0) is 13.5. The monoisotopic (exact) mass is 251 g/mol. The van der Waals surface area contributed by atoms with E-state index in [1.165, 1.54) is 13.0 Å². The molecule has 0 aliphatic carbocycles. The van der Waals surface area contributed by atoms with E-state index < -0.39 is 4.92 Å². The van der Waals surface area contributed by atoms with Crippen LogP contribution in [0.25, 0.3) is 6.08 Å². The van der Waals surface area contributed by atoms with Gasteiger partial charge in [-0.2, -0.15) is 0 Å². The zero-order valence-corrected chi connectivity index (χ0v) is 10.8. The number of hydrogen-bond donors (Lipinski definition) is 0. The lowest BCUT2D eigenvalue weighted by atomic mass is 10.1. The fraction of sp³-hybridized carbons (Fsp3) is 0.385. The number of hydrogen-bond acceptors (Lipinski definition) is 4. The van der Waals surface area contributed by atoms with E-state index in [1.54, 1.807) is 25.3 Å². The molecular weight excluding hydrogens is 234 g/mol. The maximum absolute atomic E-state index is 10.5. The molecule has 0 bridgehead atoms. The third kappa shape index (κ3) is 3.76. The van der Waals surface area contributed by atoms with Crippen LogP contribution in [0.2, 0.25) is 0 Å². The van der Waals surface area contributed by atoms with Crippen LogP contribution >= 0.6 is 0 Å². The molecule has 0 aromatic heterocycles. The van der Waals surface area contributed by atoms with E-state index in [4.69, 9.17) is 9.47 Å². The summed E-state index contributed by atoms with van der Waals surface area (Å²) in [5, 5.41) is 10.5. The topological polar surface area (TPSA) is 61.6 Å². The molecule has 5 nitrogen and oxygen atoms in total. The van der Waals surface area contributed by atoms with Crippen molar-refractivity contribution >= 4 is 6.08 Å². The molecule has 0 saturated heterocycles. The number of nitrogens with zero attached hydrogens (tertiary/aromatic N) is 1. The highest BCUT2D eigenvalue weighted by atomic mass is 16.6. The van der Waals surface area contributed by atoms with Gasteiger partial charge in [0.25, 0.3) is 0 Å². The van der Waals surface area contributed by atoms with Gasteiger partial charge in [0, 0.05) is 13.0 Å². The van der Waals surface area contributed by atoms with Crippen molar-refractivity contribution in [1.29, 1.82) is 0 Å². The maximum Gasteiger partial charge on any atom is 0.243 e. The van der Waals surface area contributed by atoms with Gasteiger partial charge < -0.3 is 9.47 Å². The van der Waals surface area contributed by atoms with E-state index in [-0.39, 0.29) is 5.70 Å². The van der Waals surface area contributed by atoms with E-state index in [1.807, 2.05) is 6.92 Å². The van der Waals surface area contributed by atoms with E-state index in [0.29, 0.717) is 23.7 Å². The first kappa shape index (κ1) is 14.0. The molecule has 0 heterocycles. The Bertz CT molecular complexity index is 454. The molecule has 5 heteroatoms. The van der Waals surface area contributed by atoms with Gasteiger partial charge in [0.05, 0.1) is 18.6 Å². The summed E-state index contributed by atoms with van der Waals surface area (Å²) in [6.07, 6.45) is 2.40. The Morgan fingerprint density at radius 3 is 2.72 bits per heavy atom. The Morgan fingerprint density at radius 2 is 2.17 bits per heavy atom. The van der Waals surface area contributed by atoms with E-state index in [9.17, 15) is 10.1 Å². The standard InChI is InChI=1S/C13H17NO4/c1-4-7-18-12-6-5-11(9-13(12)17-3)8-10(2)14(15)16/h5-6,8-9H,4,7H2,1-3H3. The fourth-order valence-electron chi connectivity index (χ4n) is 1.40. The number of rotatable bonds is 6. The molecule has 0 N–H and O–H groups in total. The minimum Gasteiger partial charge on any atom is -0.493 e. The second-order valence-electron chi connectivity index (χ2n) is 3.80. The van der Waals surface area contributed by atoms with E-state index >= 15 is 0 Å². The van der Waals surface area contributed by atoms with Crippen molar-refractivity contribution in [3.05, 3.63) is 39.6 Å². The zero-order valence-electron chi connectivity index (χ0n) is 10.8. The number of benzene rings is 1. The molecular formula is C13H17NO4.